The van der Waals surface area contributed by atoms with Gasteiger partial charge in [0.2, 0.25) is 0 Å². The molecule has 0 spiro atoms. The van der Waals surface area contributed by atoms with Gasteiger partial charge in [-0.2, -0.15) is 0 Å². The Hall–Kier alpha value is -2.11. The minimum absolute atomic E-state index is 0.827. The summed E-state index contributed by atoms with van der Waals surface area (Å²) in [5.41, 5.74) is 3.71. The smallest absolute Gasteiger partial charge is 0.193 e. The number of aryl methyl sites for hydroxylation is 1. The molecule has 4 rings (SSSR count). The molecule has 2 heterocycles. The molecule has 1 aromatic heterocycles. The van der Waals surface area contributed by atoms with Crippen LogP contribution in [0.15, 0.2) is 59.8 Å². The van der Waals surface area contributed by atoms with Crippen LogP contribution in [0.5, 0.6) is 0 Å². The molecule has 0 bridgehead atoms. The maximum absolute atomic E-state index is 4.42. The van der Waals surface area contributed by atoms with Gasteiger partial charge in [0.25, 0.3) is 0 Å². The van der Waals surface area contributed by atoms with E-state index in [4.69, 9.17) is 0 Å². The Morgan fingerprint density at radius 1 is 1.04 bits per heavy atom. The minimum Gasteiger partial charge on any atom is -0.288 e. The van der Waals surface area contributed by atoms with E-state index in [-0.39, 0.29) is 0 Å². The van der Waals surface area contributed by atoms with Gasteiger partial charge in [-0.25, -0.2) is 0 Å². The highest BCUT2D eigenvalue weighted by Crippen LogP contribution is 2.29. The van der Waals surface area contributed by atoms with Crippen molar-refractivity contribution in [1.82, 2.24) is 19.7 Å². The maximum atomic E-state index is 4.42. The number of rotatable bonds is 3. The molecule has 116 valence electrons. The largest absolute Gasteiger partial charge is 0.288 e. The molecule has 1 aliphatic rings. The Kier molecular flexibility index (Phi) is 3.89. The molecule has 4 nitrogen and oxygen atoms in total. The molecule has 0 fully saturated rings. The lowest BCUT2D eigenvalue weighted by atomic mass is 10.1. The van der Waals surface area contributed by atoms with Gasteiger partial charge >= 0.3 is 0 Å². The van der Waals surface area contributed by atoms with E-state index in [2.05, 4.69) is 81.2 Å². The quantitative estimate of drug-likeness (QED) is 0.735. The third-order valence-electron chi connectivity index (χ3n) is 3.96. The lowest BCUT2D eigenvalue weighted by Crippen LogP contribution is -2.30. The summed E-state index contributed by atoms with van der Waals surface area (Å²) in [7, 11) is 0. The fourth-order valence-corrected chi connectivity index (χ4v) is 3.72. The Morgan fingerprint density at radius 3 is 2.74 bits per heavy atom. The predicted molar refractivity (Wildman–Crippen MR) is 92.9 cm³/mol. The summed E-state index contributed by atoms with van der Waals surface area (Å²) < 4.78 is 2.21. The second-order valence-electron chi connectivity index (χ2n) is 5.83. The molecule has 3 aromatic rings. The number of hydrogen-bond acceptors (Lipinski definition) is 4. The second-order valence-corrected chi connectivity index (χ2v) is 6.75. The normalized spacial score (nSPS) is 14.7. The molecule has 0 saturated carbocycles. The summed E-state index contributed by atoms with van der Waals surface area (Å²) in [6.45, 7) is 3.87. The maximum Gasteiger partial charge on any atom is 0.193 e. The van der Waals surface area contributed by atoms with E-state index in [0.29, 0.717) is 0 Å². The van der Waals surface area contributed by atoms with Crippen LogP contribution < -0.4 is 0 Å². The van der Waals surface area contributed by atoms with Crippen molar-refractivity contribution in [2.45, 2.75) is 25.3 Å². The fraction of sp³-hybridized carbons (Fsp3) is 0.222. The highest BCUT2D eigenvalue weighted by molar-refractivity contribution is 7.99. The van der Waals surface area contributed by atoms with Crippen LogP contribution in [-0.4, -0.2) is 25.5 Å². The van der Waals surface area contributed by atoms with Crippen molar-refractivity contribution in [1.29, 1.82) is 0 Å². The number of nitrogens with zero attached hydrogens (tertiary/aromatic N) is 4. The van der Waals surface area contributed by atoms with Gasteiger partial charge in [-0.15, -0.1) is 10.2 Å². The molecule has 0 saturated heterocycles. The van der Waals surface area contributed by atoms with Crippen molar-refractivity contribution < 1.29 is 0 Å². The number of hydrogen-bond donors (Lipinski definition) is 0. The average molecular weight is 322 g/mol. The van der Waals surface area contributed by atoms with Crippen LogP contribution >= 0.6 is 11.8 Å². The van der Waals surface area contributed by atoms with E-state index < -0.39 is 0 Å². The Bertz CT molecular complexity index is 813. The van der Waals surface area contributed by atoms with Crippen LogP contribution in [0.2, 0.25) is 0 Å². The van der Waals surface area contributed by atoms with Crippen LogP contribution in [0.25, 0.3) is 11.4 Å². The third-order valence-corrected chi connectivity index (χ3v) is 5.01. The Morgan fingerprint density at radius 2 is 1.91 bits per heavy atom. The lowest BCUT2D eigenvalue weighted by Gasteiger charge is -2.27. The highest BCUT2D eigenvalue weighted by atomic mass is 32.2. The van der Waals surface area contributed by atoms with Crippen molar-refractivity contribution in [2.24, 2.45) is 0 Å². The van der Waals surface area contributed by atoms with Crippen molar-refractivity contribution in [3.8, 4) is 11.4 Å². The van der Waals surface area contributed by atoms with Crippen LogP contribution in [0.4, 0.5) is 0 Å². The first kappa shape index (κ1) is 14.5. The summed E-state index contributed by atoms with van der Waals surface area (Å²) in [6.07, 6.45) is 0. The summed E-state index contributed by atoms with van der Waals surface area (Å²) in [5.74, 6) is 1.90. The molecule has 1 aliphatic heterocycles. The first-order valence-corrected chi connectivity index (χ1v) is 8.67. The molecular weight excluding hydrogens is 304 g/mol. The molecule has 0 atom stereocenters. The zero-order valence-corrected chi connectivity index (χ0v) is 13.8. The van der Waals surface area contributed by atoms with Gasteiger partial charge in [-0.3, -0.25) is 9.47 Å². The van der Waals surface area contributed by atoms with Crippen molar-refractivity contribution in [2.75, 3.05) is 5.88 Å². The van der Waals surface area contributed by atoms with Gasteiger partial charge in [0.1, 0.15) is 0 Å². The summed E-state index contributed by atoms with van der Waals surface area (Å²) in [4.78, 5) is 2.41. The summed E-state index contributed by atoms with van der Waals surface area (Å²) in [5, 5.41) is 9.78. The zero-order valence-electron chi connectivity index (χ0n) is 13.0. The molecule has 0 aliphatic carbocycles. The molecule has 0 radical (unpaired) electrons. The van der Waals surface area contributed by atoms with Crippen molar-refractivity contribution in [3.63, 3.8) is 0 Å². The summed E-state index contributed by atoms with van der Waals surface area (Å²) in [6, 6.07) is 19.0. The Balaban J connectivity index is 1.60. The van der Waals surface area contributed by atoms with Gasteiger partial charge in [-0.05, 0) is 18.6 Å². The first-order valence-electron chi connectivity index (χ1n) is 7.69. The molecule has 0 N–H and O–H groups in total. The predicted octanol–water partition coefficient (Wildman–Crippen LogP) is 3.78. The van der Waals surface area contributed by atoms with Crippen LogP contribution in [0.1, 0.15) is 11.1 Å². The molecule has 0 amide bonds. The first-order chi connectivity index (χ1) is 11.3. The van der Waals surface area contributed by atoms with Crippen molar-refractivity contribution >= 4 is 11.8 Å². The minimum atomic E-state index is 0.827. The number of benzene rings is 2. The average Bonchev–Trinajstić information content (AvgIpc) is 2.99. The second kappa shape index (κ2) is 6.18. The van der Waals surface area contributed by atoms with Gasteiger partial charge in [0.05, 0.1) is 12.5 Å². The van der Waals surface area contributed by atoms with E-state index in [1.807, 2.05) is 0 Å². The number of fused-ring (bicyclic) bond motifs is 1. The molecule has 2 aromatic carbocycles. The zero-order chi connectivity index (χ0) is 15.6. The number of thioether (sulfide) groups is 1. The van der Waals surface area contributed by atoms with Crippen LogP contribution in [0, 0.1) is 6.92 Å². The van der Waals surface area contributed by atoms with E-state index in [0.717, 1.165) is 35.6 Å². The van der Waals surface area contributed by atoms with E-state index in [1.165, 1.54) is 11.1 Å². The SMILES string of the molecule is Cc1cccc(-c2nnc3n2CN(Cc2ccccc2)CS3)c1. The van der Waals surface area contributed by atoms with Gasteiger partial charge in [0.15, 0.2) is 11.0 Å². The van der Waals surface area contributed by atoms with Gasteiger partial charge in [0, 0.05) is 12.1 Å². The van der Waals surface area contributed by atoms with Gasteiger partial charge < -0.3 is 0 Å². The molecule has 0 unspecified atom stereocenters. The third kappa shape index (κ3) is 3.02. The Labute approximate surface area is 140 Å². The monoisotopic (exact) mass is 322 g/mol. The van der Waals surface area contributed by atoms with E-state index >= 15 is 0 Å². The van der Waals surface area contributed by atoms with E-state index in [9.17, 15) is 0 Å². The summed E-state index contributed by atoms with van der Waals surface area (Å²) >= 11 is 1.75. The molecule has 5 heteroatoms. The topological polar surface area (TPSA) is 34.0 Å². The van der Waals surface area contributed by atoms with Crippen LogP contribution in [-0.2, 0) is 13.2 Å². The number of aromatic nitrogens is 3. The van der Waals surface area contributed by atoms with Crippen LogP contribution in [0.3, 0.4) is 0 Å². The van der Waals surface area contributed by atoms with E-state index in [1.54, 1.807) is 11.8 Å². The van der Waals surface area contributed by atoms with Gasteiger partial charge in [-0.1, -0.05) is 65.9 Å². The molecular formula is C18H18N4S. The lowest BCUT2D eigenvalue weighted by molar-refractivity contribution is 0.231. The standard InChI is InChI=1S/C18H18N4S/c1-14-6-5-9-16(10-14)17-19-20-18-22(17)12-21(13-23-18)11-15-7-3-2-4-8-15/h2-10H,11-13H2,1H3. The highest BCUT2D eigenvalue weighted by Gasteiger charge is 2.22. The van der Waals surface area contributed by atoms with Crippen molar-refractivity contribution in [3.05, 3.63) is 65.7 Å². The fourth-order valence-electron chi connectivity index (χ4n) is 2.85. The molecule has 23 heavy (non-hydrogen) atoms.